The highest BCUT2D eigenvalue weighted by Gasteiger charge is 2.25. The summed E-state index contributed by atoms with van der Waals surface area (Å²) >= 11 is 0. The van der Waals surface area contributed by atoms with Gasteiger partial charge in [-0.05, 0) is 65.4 Å². The molecule has 0 aromatic heterocycles. The van der Waals surface area contributed by atoms with Gasteiger partial charge in [-0.1, -0.05) is 36.4 Å². The Kier molecular flexibility index (Phi) is 4.42. The van der Waals surface area contributed by atoms with Gasteiger partial charge in [-0.15, -0.1) is 0 Å². The van der Waals surface area contributed by atoms with Crippen molar-refractivity contribution in [2.45, 2.75) is 30.2 Å². The van der Waals surface area contributed by atoms with Crippen LogP contribution in [-0.4, -0.2) is 15.5 Å². The van der Waals surface area contributed by atoms with Gasteiger partial charge in [0.05, 0.1) is 12.0 Å². The molecule has 0 radical (unpaired) electrons. The van der Waals surface area contributed by atoms with Crippen molar-refractivity contribution >= 4 is 20.8 Å². The maximum Gasteiger partial charge on any atom is 0.241 e. The number of hydrogen-bond acceptors (Lipinski definition) is 3. The van der Waals surface area contributed by atoms with Crippen LogP contribution in [0.2, 0.25) is 0 Å². The zero-order valence-electron chi connectivity index (χ0n) is 14.6. The quantitative estimate of drug-likeness (QED) is 0.752. The molecular weight excluding hydrogens is 346 g/mol. The Balaban J connectivity index is 1.66. The molecule has 0 fully saturated rings. The Hall–Kier alpha value is -2.37. The second-order valence-corrected chi connectivity index (χ2v) is 8.35. The molecule has 3 aromatic carbocycles. The standard InChI is InChI=1S/C21H21NO3S/c1-25-18-11-9-17-14-19(12-10-16(17)13-18)26(23,24)22-21-8-4-6-15-5-2-3-7-20(15)21/h2-3,5,7,9-14,21-22H,4,6,8H2,1H3/t21-/m1/s1. The monoisotopic (exact) mass is 367 g/mol. The Morgan fingerprint density at radius 3 is 2.62 bits per heavy atom. The summed E-state index contributed by atoms with van der Waals surface area (Å²) in [6.45, 7) is 0. The van der Waals surface area contributed by atoms with E-state index >= 15 is 0 Å². The number of nitrogens with one attached hydrogen (secondary N) is 1. The number of ether oxygens (including phenoxy) is 1. The maximum absolute atomic E-state index is 12.9. The molecule has 5 heteroatoms. The van der Waals surface area contributed by atoms with E-state index in [0.29, 0.717) is 4.90 Å². The van der Waals surface area contributed by atoms with Crippen molar-refractivity contribution in [2.24, 2.45) is 0 Å². The van der Waals surface area contributed by atoms with E-state index in [1.807, 2.05) is 42.5 Å². The first-order valence-electron chi connectivity index (χ1n) is 8.75. The second-order valence-electron chi connectivity index (χ2n) is 6.64. The summed E-state index contributed by atoms with van der Waals surface area (Å²) in [5.41, 5.74) is 2.32. The third-order valence-corrected chi connectivity index (χ3v) is 6.47. The molecule has 1 atom stereocenters. The summed E-state index contributed by atoms with van der Waals surface area (Å²) in [4.78, 5) is 0.290. The number of rotatable bonds is 4. The highest BCUT2D eigenvalue weighted by atomic mass is 32.2. The van der Waals surface area contributed by atoms with Gasteiger partial charge in [-0.3, -0.25) is 0 Å². The first-order chi connectivity index (χ1) is 12.6. The van der Waals surface area contributed by atoms with E-state index in [9.17, 15) is 8.42 Å². The van der Waals surface area contributed by atoms with E-state index in [0.717, 1.165) is 41.3 Å². The maximum atomic E-state index is 12.9. The lowest BCUT2D eigenvalue weighted by atomic mass is 9.88. The average Bonchev–Trinajstić information content (AvgIpc) is 2.67. The summed E-state index contributed by atoms with van der Waals surface area (Å²) in [7, 11) is -1.97. The van der Waals surface area contributed by atoms with Gasteiger partial charge in [0.15, 0.2) is 0 Å². The van der Waals surface area contributed by atoms with E-state index in [1.54, 1.807) is 19.2 Å². The van der Waals surface area contributed by atoms with Gasteiger partial charge < -0.3 is 4.74 Å². The highest BCUT2D eigenvalue weighted by molar-refractivity contribution is 7.89. The highest BCUT2D eigenvalue weighted by Crippen LogP contribution is 2.31. The first-order valence-corrected chi connectivity index (χ1v) is 10.2. The van der Waals surface area contributed by atoms with E-state index in [2.05, 4.69) is 10.8 Å². The fourth-order valence-corrected chi connectivity index (χ4v) is 4.91. The summed E-state index contributed by atoms with van der Waals surface area (Å²) in [6.07, 6.45) is 2.81. The van der Waals surface area contributed by atoms with Gasteiger partial charge in [0.2, 0.25) is 10.0 Å². The Bertz CT molecular complexity index is 1060. The predicted molar refractivity (Wildman–Crippen MR) is 103 cm³/mol. The minimum absolute atomic E-state index is 0.170. The van der Waals surface area contributed by atoms with Crippen molar-refractivity contribution in [3.8, 4) is 5.75 Å². The van der Waals surface area contributed by atoms with Crippen LogP contribution in [0.1, 0.15) is 30.0 Å². The lowest BCUT2D eigenvalue weighted by Crippen LogP contribution is -2.31. The van der Waals surface area contributed by atoms with Crippen LogP contribution in [0.25, 0.3) is 10.8 Å². The summed E-state index contributed by atoms with van der Waals surface area (Å²) in [5.74, 6) is 0.755. The van der Waals surface area contributed by atoms with Gasteiger partial charge in [0, 0.05) is 6.04 Å². The van der Waals surface area contributed by atoms with E-state index in [1.165, 1.54) is 5.56 Å². The SMILES string of the molecule is COc1ccc2cc(S(=O)(=O)N[C@@H]3CCCc4ccccc43)ccc2c1. The topological polar surface area (TPSA) is 55.4 Å². The lowest BCUT2D eigenvalue weighted by molar-refractivity contribution is 0.415. The van der Waals surface area contributed by atoms with Crippen LogP contribution in [0, 0.1) is 0 Å². The predicted octanol–water partition coefficient (Wildman–Crippen LogP) is 4.20. The second kappa shape index (κ2) is 6.74. The van der Waals surface area contributed by atoms with Crippen molar-refractivity contribution in [2.75, 3.05) is 7.11 Å². The molecule has 1 N–H and O–H groups in total. The molecular formula is C21H21NO3S. The lowest BCUT2D eigenvalue weighted by Gasteiger charge is -2.26. The molecule has 0 spiro atoms. The van der Waals surface area contributed by atoms with Gasteiger partial charge >= 0.3 is 0 Å². The molecule has 134 valence electrons. The van der Waals surface area contributed by atoms with Crippen molar-refractivity contribution in [3.05, 3.63) is 71.8 Å². The Morgan fingerprint density at radius 2 is 1.77 bits per heavy atom. The zero-order chi connectivity index (χ0) is 18.1. The van der Waals surface area contributed by atoms with Crippen LogP contribution in [-0.2, 0) is 16.4 Å². The van der Waals surface area contributed by atoms with Crippen molar-refractivity contribution in [3.63, 3.8) is 0 Å². The van der Waals surface area contributed by atoms with E-state index in [4.69, 9.17) is 4.74 Å². The summed E-state index contributed by atoms with van der Waals surface area (Å²) < 4.78 is 34.0. The molecule has 0 heterocycles. The Morgan fingerprint density at radius 1 is 1.00 bits per heavy atom. The molecule has 3 aromatic rings. The van der Waals surface area contributed by atoms with Crippen molar-refractivity contribution < 1.29 is 13.2 Å². The fraction of sp³-hybridized carbons (Fsp3) is 0.238. The molecule has 4 nitrogen and oxygen atoms in total. The van der Waals surface area contributed by atoms with Crippen molar-refractivity contribution in [1.29, 1.82) is 0 Å². The fourth-order valence-electron chi connectivity index (χ4n) is 3.63. The molecule has 0 bridgehead atoms. The third kappa shape index (κ3) is 3.20. The number of sulfonamides is 1. The van der Waals surface area contributed by atoms with Crippen LogP contribution in [0.3, 0.4) is 0 Å². The van der Waals surface area contributed by atoms with Crippen LogP contribution in [0.5, 0.6) is 5.75 Å². The van der Waals surface area contributed by atoms with Crippen LogP contribution in [0.4, 0.5) is 0 Å². The number of fused-ring (bicyclic) bond motifs is 2. The van der Waals surface area contributed by atoms with Crippen molar-refractivity contribution in [1.82, 2.24) is 4.72 Å². The summed E-state index contributed by atoms with van der Waals surface area (Å²) in [6, 6.07) is 18.7. The van der Waals surface area contributed by atoms with E-state index < -0.39 is 10.0 Å². The molecule has 0 amide bonds. The van der Waals surface area contributed by atoms with Gasteiger partial charge in [-0.2, -0.15) is 0 Å². The van der Waals surface area contributed by atoms with Gasteiger partial charge in [-0.25, -0.2) is 13.1 Å². The Labute approximate surface area is 153 Å². The largest absolute Gasteiger partial charge is 0.497 e. The van der Waals surface area contributed by atoms with Crippen LogP contribution < -0.4 is 9.46 Å². The van der Waals surface area contributed by atoms with Gasteiger partial charge in [0.25, 0.3) is 0 Å². The minimum Gasteiger partial charge on any atom is -0.497 e. The number of methoxy groups -OCH3 is 1. The molecule has 4 rings (SSSR count). The zero-order valence-corrected chi connectivity index (χ0v) is 15.4. The van der Waals surface area contributed by atoms with Crippen LogP contribution >= 0.6 is 0 Å². The molecule has 1 aliphatic rings. The molecule has 0 saturated carbocycles. The smallest absolute Gasteiger partial charge is 0.241 e. The molecule has 0 unspecified atom stereocenters. The average molecular weight is 367 g/mol. The van der Waals surface area contributed by atoms with Crippen LogP contribution in [0.15, 0.2) is 65.6 Å². The molecule has 26 heavy (non-hydrogen) atoms. The molecule has 1 aliphatic carbocycles. The number of aryl methyl sites for hydroxylation is 1. The molecule has 0 aliphatic heterocycles. The molecule has 0 saturated heterocycles. The summed E-state index contributed by atoms with van der Waals surface area (Å²) in [5, 5.41) is 1.82. The first kappa shape index (κ1) is 17.1. The normalized spacial score (nSPS) is 17.0. The van der Waals surface area contributed by atoms with Gasteiger partial charge in [0.1, 0.15) is 5.75 Å². The minimum atomic E-state index is -3.59. The number of hydrogen-bond donors (Lipinski definition) is 1. The van der Waals surface area contributed by atoms with E-state index in [-0.39, 0.29) is 6.04 Å². The number of benzene rings is 3. The third-order valence-electron chi connectivity index (χ3n) is 5.00.